The third kappa shape index (κ3) is 6.41. The van der Waals surface area contributed by atoms with Crippen molar-refractivity contribution in [1.29, 1.82) is 0 Å². The van der Waals surface area contributed by atoms with Gasteiger partial charge in [-0.05, 0) is 42.3 Å². The zero-order valence-corrected chi connectivity index (χ0v) is 17.1. The lowest BCUT2D eigenvalue weighted by Crippen LogP contribution is -2.22. The monoisotopic (exact) mass is 402 g/mol. The maximum absolute atomic E-state index is 12.5. The number of amides is 1. The normalized spacial score (nSPS) is 10.2. The molecule has 3 rings (SSSR count). The largest absolute Gasteiger partial charge is 0.487 e. The number of hydrogen-bond donors (Lipinski definition) is 2. The molecule has 154 valence electrons. The van der Waals surface area contributed by atoms with E-state index in [2.05, 4.69) is 17.2 Å². The molecule has 5 heteroatoms. The van der Waals surface area contributed by atoms with Crippen molar-refractivity contribution in [2.45, 2.75) is 13.5 Å². The van der Waals surface area contributed by atoms with Crippen molar-refractivity contribution in [3.05, 3.63) is 96.6 Å². The van der Waals surface area contributed by atoms with Gasteiger partial charge >= 0.3 is 0 Å². The van der Waals surface area contributed by atoms with Gasteiger partial charge < -0.3 is 20.1 Å². The van der Waals surface area contributed by atoms with E-state index in [0.717, 1.165) is 16.8 Å². The molecule has 0 bridgehead atoms. The molecule has 0 aliphatic rings. The van der Waals surface area contributed by atoms with Crippen LogP contribution in [0.3, 0.4) is 0 Å². The van der Waals surface area contributed by atoms with Crippen LogP contribution in [-0.4, -0.2) is 19.1 Å². The van der Waals surface area contributed by atoms with Crippen molar-refractivity contribution in [2.24, 2.45) is 0 Å². The molecule has 0 aliphatic carbocycles. The molecule has 0 spiro atoms. The molecule has 0 aliphatic heterocycles. The molecule has 5 nitrogen and oxygen atoms in total. The van der Waals surface area contributed by atoms with Crippen LogP contribution in [-0.2, 0) is 11.4 Å². The fourth-order valence-corrected chi connectivity index (χ4v) is 2.74. The van der Waals surface area contributed by atoms with Crippen molar-refractivity contribution in [3.63, 3.8) is 0 Å². The molecular formula is C25H26N2O3. The van der Waals surface area contributed by atoms with Crippen LogP contribution in [0.1, 0.15) is 12.5 Å². The number of para-hydroxylation sites is 4. The summed E-state index contributed by atoms with van der Waals surface area (Å²) in [4.78, 5) is 12.5. The Morgan fingerprint density at radius 1 is 0.833 bits per heavy atom. The summed E-state index contributed by atoms with van der Waals surface area (Å²) >= 11 is 0. The van der Waals surface area contributed by atoms with Gasteiger partial charge in [-0.15, -0.1) is 0 Å². The van der Waals surface area contributed by atoms with E-state index in [1.54, 1.807) is 0 Å². The lowest BCUT2D eigenvalue weighted by Gasteiger charge is -2.15. The summed E-state index contributed by atoms with van der Waals surface area (Å²) in [5.74, 6) is 1.12. The van der Waals surface area contributed by atoms with Crippen LogP contribution in [0.25, 0.3) is 0 Å². The highest BCUT2D eigenvalue weighted by Gasteiger charge is 2.09. The maximum Gasteiger partial charge on any atom is 0.243 e. The average Bonchev–Trinajstić information content (AvgIpc) is 2.77. The minimum Gasteiger partial charge on any atom is -0.487 e. The summed E-state index contributed by atoms with van der Waals surface area (Å²) in [5, 5.41) is 6.03. The molecule has 0 saturated carbocycles. The highest BCUT2D eigenvalue weighted by Crippen LogP contribution is 2.26. The summed E-state index contributed by atoms with van der Waals surface area (Å²) in [5.41, 5.74) is 3.37. The van der Waals surface area contributed by atoms with E-state index >= 15 is 0 Å². The van der Waals surface area contributed by atoms with E-state index in [1.807, 2.05) is 85.8 Å². The second-order valence-electron chi connectivity index (χ2n) is 6.91. The zero-order valence-electron chi connectivity index (χ0n) is 17.1. The molecule has 0 aromatic heterocycles. The lowest BCUT2D eigenvalue weighted by atomic mass is 10.2. The summed E-state index contributed by atoms with van der Waals surface area (Å²) < 4.78 is 11.6. The molecule has 3 aromatic carbocycles. The number of carbonyl (C=O) groups is 1. The van der Waals surface area contributed by atoms with Crippen LogP contribution in [0.4, 0.5) is 11.4 Å². The molecule has 0 radical (unpaired) electrons. The fourth-order valence-electron chi connectivity index (χ4n) is 2.74. The molecule has 0 heterocycles. The smallest absolute Gasteiger partial charge is 0.243 e. The van der Waals surface area contributed by atoms with Gasteiger partial charge in [-0.25, -0.2) is 0 Å². The van der Waals surface area contributed by atoms with E-state index in [1.165, 1.54) is 0 Å². The van der Waals surface area contributed by atoms with Crippen molar-refractivity contribution < 1.29 is 14.3 Å². The van der Waals surface area contributed by atoms with Gasteiger partial charge in [0.05, 0.1) is 17.9 Å². The number of rotatable bonds is 10. The zero-order chi connectivity index (χ0) is 21.2. The second kappa shape index (κ2) is 10.7. The van der Waals surface area contributed by atoms with Gasteiger partial charge in [-0.1, -0.05) is 61.2 Å². The number of anilines is 2. The fraction of sp³-hybridized carbons (Fsp3) is 0.160. The first-order valence-corrected chi connectivity index (χ1v) is 9.77. The predicted octanol–water partition coefficient (Wildman–Crippen LogP) is 5.27. The molecule has 0 fully saturated rings. The van der Waals surface area contributed by atoms with Gasteiger partial charge in [0.2, 0.25) is 5.91 Å². The average molecular weight is 402 g/mol. The second-order valence-corrected chi connectivity index (χ2v) is 6.91. The standard InChI is InChI=1S/C25H26N2O3/c1-19(2)17-29-24-15-9-7-13-22(24)27-25(28)16-26-21-12-6-8-14-23(21)30-18-20-10-4-3-5-11-20/h3-15,26H,1,16-18H2,2H3,(H,27,28). The van der Waals surface area contributed by atoms with Gasteiger partial charge in [0.15, 0.2) is 0 Å². The third-order valence-corrected chi connectivity index (χ3v) is 4.20. The first kappa shape index (κ1) is 21.0. The number of benzene rings is 3. The van der Waals surface area contributed by atoms with Gasteiger partial charge in [-0.2, -0.15) is 0 Å². The minimum atomic E-state index is -0.181. The summed E-state index contributed by atoms with van der Waals surface area (Å²) in [6.07, 6.45) is 0. The molecule has 0 saturated heterocycles. The number of nitrogens with one attached hydrogen (secondary N) is 2. The Morgan fingerprint density at radius 2 is 1.43 bits per heavy atom. The molecule has 30 heavy (non-hydrogen) atoms. The van der Waals surface area contributed by atoms with Crippen LogP contribution in [0.15, 0.2) is 91.0 Å². The third-order valence-electron chi connectivity index (χ3n) is 4.20. The van der Waals surface area contributed by atoms with Crippen molar-refractivity contribution in [3.8, 4) is 11.5 Å². The Hall–Kier alpha value is -3.73. The minimum absolute atomic E-state index is 0.0977. The van der Waals surface area contributed by atoms with Gasteiger partial charge in [0.25, 0.3) is 0 Å². The molecule has 2 N–H and O–H groups in total. The number of ether oxygens (including phenoxy) is 2. The van der Waals surface area contributed by atoms with Crippen LogP contribution in [0.2, 0.25) is 0 Å². The van der Waals surface area contributed by atoms with Gasteiger partial charge in [0, 0.05) is 0 Å². The number of hydrogen-bond acceptors (Lipinski definition) is 4. The molecule has 3 aromatic rings. The van der Waals surface area contributed by atoms with Crippen LogP contribution in [0, 0.1) is 0 Å². The Kier molecular flexibility index (Phi) is 7.50. The summed E-state index contributed by atoms with van der Waals surface area (Å²) in [6, 6.07) is 24.9. The van der Waals surface area contributed by atoms with E-state index < -0.39 is 0 Å². The molecule has 0 atom stereocenters. The van der Waals surface area contributed by atoms with Crippen molar-refractivity contribution >= 4 is 17.3 Å². The van der Waals surface area contributed by atoms with Crippen molar-refractivity contribution in [1.82, 2.24) is 0 Å². The summed E-state index contributed by atoms with van der Waals surface area (Å²) in [6.45, 7) is 6.68. The number of carbonyl (C=O) groups excluding carboxylic acids is 1. The first-order chi connectivity index (χ1) is 14.6. The van der Waals surface area contributed by atoms with Crippen LogP contribution < -0.4 is 20.1 Å². The van der Waals surface area contributed by atoms with Crippen molar-refractivity contribution in [2.75, 3.05) is 23.8 Å². The van der Waals surface area contributed by atoms with Gasteiger partial charge in [-0.3, -0.25) is 4.79 Å². The van der Waals surface area contributed by atoms with E-state index in [-0.39, 0.29) is 12.5 Å². The van der Waals surface area contributed by atoms with E-state index in [0.29, 0.717) is 30.4 Å². The Labute approximate surface area is 177 Å². The summed E-state index contributed by atoms with van der Waals surface area (Å²) in [7, 11) is 0. The molecular weight excluding hydrogens is 376 g/mol. The molecule has 0 unspecified atom stereocenters. The van der Waals surface area contributed by atoms with Gasteiger partial charge in [0.1, 0.15) is 24.7 Å². The SMILES string of the molecule is C=C(C)COc1ccccc1NC(=O)CNc1ccccc1OCc1ccccc1. The Morgan fingerprint density at radius 3 is 2.13 bits per heavy atom. The Balaban J connectivity index is 1.57. The predicted molar refractivity (Wildman–Crippen MR) is 121 cm³/mol. The van der Waals surface area contributed by atoms with E-state index in [9.17, 15) is 4.79 Å². The Bertz CT molecular complexity index is 986. The van der Waals surface area contributed by atoms with Crippen LogP contribution in [0.5, 0.6) is 11.5 Å². The maximum atomic E-state index is 12.5. The lowest BCUT2D eigenvalue weighted by molar-refractivity contribution is -0.114. The van der Waals surface area contributed by atoms with Crippen LogP contribution >= 0.6 is 0 Å². The highest BCUT2D eigenvalue weighted by molar-refractivity contribution is 5.95. The quantitative estimate of drug-likeness (QED) is 0.454. The van der Waals surface area contributed by atoms with E-state index in [4.69, 9.17) is 9.47 Å². The first-order valence-electron chi connectivity index (χ1n) is 9.77. The molecule has 1 amide bonds. The highest BCUT2D eigenvalue weighted by atomic mass is 16.5. The topological polar surface area (TPSA) is 59.6 Å².